The van der Waals surface area contributed by atoms with E-state index in [1.165, 1.54) is 12.0 Å². The smallest absolute Gasteiger partial charge is 0.306 e. The lowest BCUT2D eigenvalue weighted by Crippen LogP contribution is -2.51. The minimum atomic E-state index is -0.317. The van der Waals surface area contributed by atoms with E-state index in [0.717, 1.165) is 25.7 Å². The van der Waals surface area contributed by atoms with E-state index >= 15 is 0 Å². The Hall–Kier alpha value is -0.830. The van der Waals surface area contributed by atoms with Crippen LogP contribution in [0.15, 0.2) is 11.6 Å². The molecular formula is C20H32O3. The highest BCUT2D eigenvalue weighted by molar-refractivity contribution is 5.71. The summed E-state index contributed by atoms with van der Waals surface area (Å²) >= 11 is 0. The summed E-state index contributed by atoms with van der Waals surface area (Å²) in [6, 6.07) is 0. The Labute approximate surface area is 140 Å². The molecule has 0 aromatic rings. The van der Waals surface area contributed by atoms with Gasteiger partial charge in [-0.05, 0) is 63.2 Å². The third kappa shape index (κ3) is 2.97. The van der Waals surface area contributed by atoms with Crippen LogP contribution in [0.4, 0.5) is 0 Å². The van der Waals surface area contributed by atoms with Crippen LogP contribution in [-0.2, 0) is 9.53 Å². The molecule has 0 amide bonds. The zero-order valence-corrected chi connectivity index (χ0v) is 15.0. The number of carbonyl (C=O) groups is 1. The van der Waals surface area contributed by atoms with Crippen molar-refractivity contribution in [3.05, 3.63) is 11.6 Å². The summed E-state index contributed by atoms with van der Waals surface area (Å²) in [4.78, 5) is 11.9. The zero-order chi connectivity index (χ0) is 16.8. The molecule has 3 rings (SSSR count). The number of esters is 1. The van der Waals surface area contributed by atoms with Crippen LogP contribution in [0.5, 0.6) is 0 Å². The highest BCUT2D eigenvalue weighted by atomic mass is 16.5. The fourth-order valence-electron chi connectivity index (χ4n) is 5.88. The van der Waals surface area contributed by atoms with Crippen LogP contribution in [0.25, 0.3) is 0 Å². The molecule has 0 aromatic heterocycles. The maximum atomic E-state index is 11.9. The second-order valence-corrected chi connectivity index (χ2v) is 8.71. The summed E-state index contributed by atoms with van der Waals surface area (Å²) in [6.45, 7) is 9.08. The summed E-state index contributed by atoms with van der Waals surface area (Å²) in [5, 5.41) is 10.4. The molecule has 0 radical (unpaired) electrons. The van der Waals surface area contributed by atoms with Crippen molar-refractivity contribution in [3.63, 3.8) is 0 Å². The first kappa shape index (κ1) is 17.0. The molecule has 0 aromatic carbocycles. The molecule has 1 saturated heterocycles. The van der Waals surface area contributed by atoms with Crippen molar-refractivity contribution in [1.82, 2.24) is 0 Å². The lowest BCUT2D eigenvalue weighted by atomic mass is 9.57. The first-order chi connectivity index (χ1) is 10.8. The largest absolute Gasteiger partial charge is 0.462 e. The van der Waals surface area contributed by atoms with Gasteiger partial charge < -0.3 is 9.84 Å². The molecule has 2 saturated carbocycles. The predicted molar refractivity (Wildman–Crippen MR) is 90.8 cm³/mol. The van der Waals surface area contributed by atoms with Gasteiger partial charge in [-0.3, -0.25) is 4.79 Å². The molecule has 0 bridgehead atoms. The van der Waals surface area contributed by atoms with Gasteiger partial charge in [0.25, 0.3) is 0 Å². The van der Waals surface area contributed by atoms with E-state index in [1.807, 2.05) is 0 Å². The SMILES string of the molecule is CC(C)=CCCC(C)C1CC2OC(=O)CC3C(O)CCC1(C)C23. The fraction of sp³-hybridized carbons (Fsp3) is 0.850. The van der Waals surface area contributed by atoms with E-state index in [-0.39, 0.29) is 29.5 Å². The maximum Gasteiger partial charge on any atom is 0.306 e. The molecule has 7 atom stereocenters. The Kier molecular flexibility index (Phi) is 4.61. The monoisotopic (exact) mass is 320 g/mol. The molecular weight excluding hydrogens is 288 g/mol. The first-order valence-electron chi connectivity index (χ1n) is 9.34. The minimum absolute atomic E-state index is 0.0390. The van der Waals surface area contributed by atoms with Gasteiger partial charge in [-0.25, -0.2) is 0 Å². The van der Waals surface area contributed by atoms with Gasteiger partial charge >= 0.3 is 5.97 Å². The van der Waals surface area contributed by atoms with E-state index in [0.29, 0.717) is 24.2 Å². The lowest BCUT2D eigenvalue weighted by Gasteiger charge is -2.50. The Balaban J connectivity index is 1.78. The van der Waals surface area contributed by atoms with Gasteiger partial charge in [-0.2, -0.15) is 0 Å². The van der Waals surface area contributed by atoms with Crippen molar-refractivity contribution in [3.8, 4) is 0 Å². The van der Waals surface area contributed by atoms with Gasteiger partial charge in [0.15, 0.2) is 0 Å². The molecule has 3 nitrogen and oxygen atoms in total. The number of rotatable bonds is 4. The Morgan fingerprint density at radius 3 is 2.91 bits per heavy atom. The Morgan fingerprint density at radius 1 is 1.48 bits per heavy atom. The lowest BCUT2D eigenvalue weighted by molar-refractivity contribution is -0.175. The van der Waals surface area contributed by atoms with Gasteiger partial charge in [0.1, 0.15) is 6.10 Å². The maximum absolute atomic E-state index is 11.9. The van der Waals surface area contributed by atoms with E-state index in [9.17, 15) is 9.90 Å². The van der Waals surface area contributed by atoms with Crippen LogP contribution in [0, 0.1) is 29.1 Å². The molecule has 3 aliphatic rings. The Morgan fingerprint density at radius 2 is 2.22 bits per heavy atom. The summed E-state index contributed by atoms with van der Waals surface area (Å²) in [6.07, 6.45) is 7.70. The number of aliphatic hydroxyl groups excluding tert-OH is 1. The third-order valence-electron chi connectivity index (χ3n) is 6.98. The fourth-order valence-corrected chi connectivity index (χ4v) is 5.88. The Bertz CT molecular complexity index is 493. The molecule has 3 fully saturated rings. The zero-order valence-electron chi connectivity index (χ0n) is 15.0. The number of hydrogen-bond acceptors (Lipinski definition) is 3. The minimum Gasteiger partial charge on any atom is -0.462 e. The second kappa shape index (κ2) is 6.23. The molecule has 7 unspecified atom stereocenters. The summed E-state index contributed by atoms with van der Waals surface area (Å²) in [5.41, 5.74) is 1.61. The van der Waals surface area contributed by atoms with E-state index in [4.69, 9.17) is 4.74 Å². The van der Waals surface area contributed by atoms with Crippen molar-refractivity contribution in [2.24, 2.45) is 29.1 Å². The second-order valence-electron chi connectivity index (χ2n) is 8.71. The van der Waals surface area contributed by atoms with Crippen LogP contribution in [0.2, 0.25) is 0 Å². The van der Waals surface area contributed by atoms with Crippen LogP contribution in [-0.4, -0.2) is 23.3 Å². The molecule has 23 heavy (non-hydrogen) atoms. The van der Waals surface area contributed by atoms with Crippen LogP contribution < -0.4 is 0 Å². The number of allylic oxidation sites excluding steroid dienone is 2. The molecule has 0 spiro atoms. The van der Waals surface area contributed by atoms with Crippen LogP contribution >= 0.6 is 0 Å². The average molecular weight is 320 g/mol. The van der Waals surface area contributed by atoms with Gasteiger partial charge in [-0.15, -0.1) is 0 Å². The van der Waals surface area contributed by atoms with E-state index < -0.39 is 0 Å². The van der Waals surface area contributed by atoms with E-state index in [2.05, 4.69) is 33.8 Å². The van der Waals surface area contributed by atoms with E-state index in [1.54, 1.807) is 0 Å². The summed E-state index contributed by atoms with van der Waals surface area (Å²) in [7, 11) is 0. The van der Waals surface area contributed by atoms with Crippen molar-refractivity contribution in [2.45, 2.75) is 78.4 Å². The molecule has 130 valence electrons. The molecule has 1 N–H and O–H groups in total. The molecule has 1 aliphatic heterocycles. The number of carbonyl (C=O) groups excluding carboxylic acids is 1. The number of ether oxygens (including phenoxy) is 1. The van der Waals surface area contributed by atoms with Gasteiger partial charge in [0, 0.05) is 11.8 Å². The first-order valence-corrected chi connectivity index (χ1v) is 9.34. The average Bonchev–Trinajstić information content (AvgIpc) is 2.76. The highest BCUT2D eigenvalue weighted by Crippen LogP contribution is 2.62. The number of hydrogen-bond donors (Lipinski definition) is 1. The topological polar surface area (TPSA) is 46.5 Å². The highest BCUT2D eigenvalue weighted by Gasteiger charge is 2.62. The quantitative estimate of drug-likeness (QED) is 0.626. The summed E-state index contributed by atoms with van der Waals surface area (Å²) in [5.74, 6) is 1.62. The van der Waals surface area contributed by atoms with Crippen LogP contribution in [0.1, 0.15) is 66.2 Å². The molecule has 3 heteroatoms. The van der Waals surface area contributed by atoms with Crippen molar-refractivity contribution < 1.29 is 14.6 Å². The third-order valence-corrected chi connectivity index (χ3v) is 6.98. The van der Waals surface area contributed by atoms with Crippen molar-refractivity contribution >= 4 is 5.97 Å². The molecule has 1 heterocycles. The number of aliphatic hydroxyl groups is 1. The van der Waals surface area contributed by atoms with Gasteiger partial charge in [0.05, 0.1) is 12.5 Å². The van der Waals surface area contributed by atoms with Crippen molar-refractivity contribution in [2.75, 3.05) is 0 Å². The van der Waals surface area contributed by atoms with Crippen molar-refractivity contribution in [1.29, 1.82) is 0 Å². The van der Waals surface area contributed by atoms with Gasteiger partial charge in [-0.1, -0.05) is 25.5 Å². The predicted octanol–water partition coefficient (Wildman–Crippen LogP) is 4.10. The normalized spacial score (nSPS) is 43.5. The van der Waals surface area contributed by atoms with Gasteiger partial charge in [0.2, 0.25) is 0 Å². The molecule has 2 aliphatic carbocycles. The summed E-state index contributed by atoms with van der Waals surface area (Å²) < 4.78 is 5.72. The van der Waals surface area contributed by atoms with Crippen LogP contribution in [0.3, 0.4) is 0 Å². The standard InChI is InChI=1S/C20H32O3/c1-12(2)6-5-7-13(3)15-11-17-19-14(10-18(22)23-17)16(21)8-9-20(15,19)4/h6,13-17,19,21H,5,7-11H2,1-4H3.